The minimum Gasteiger partial charge on any atom is -0.488 e. The number of rotatable bonds is 2. The van der Waals surface area contributed by atoms with Gasteiger partial charge in [0.25, 0.3) is 5.91 Å². The van der Waals surface area contributed by atoms with Gasteiger partial charge in [0.2, 0.25) is 0 Å². The Morgan fingerprint density at radius 2 is 1.90 bits per heavy atom. The number of piperazine rings is 1. The maximum absolute atomic E-state index is 13.2. The van der Waals surface area contributed by atoms with Crippen molar-refractivity contribution >= 4 is 22.9 Å². The zero-order valence-corrected chi connectivity index (χ0v) is 17.5. The largest absolute Gasteiger partial charge is 0.488 e. The number of anilines is 1. The average molecular weight is 405 g/mol. The van der Waals surface area contributed by atoms with Gasteiger partial charge in [-0.05, 0) is 44.2 Å². The summed E-state index contributed by atoms with van der Waals surface area (Å²) in [4.78, 5) is 19.6. The van der Waals surface area contributed by atoms with Crippen LogP contribution in [0.2, 0.25) is 0 Å². The highest BCUT2D eigenvalue weighted by molar-refractivity contribution is 7.17. The van der Waals surface area contributed by atoms with Crippen LogP contribution in [-0.4, -0.2) is 36.5 Å². The number of nitrogens with zero attached hydrogens (tertiary/aromatic N) is 2. The number of aryl methyl sites for hydroxylation is 1. The van der Waals surface area contributed by atoms with Crippen LogP contribution < -0.4 is 9.64 Å². The highest BCUT2D eigenvalue weighted by atomic mass is 32.1. The number of hydrogen-bond acceptors (Lipinski definition) is 4. The van der Waals surface area contributed by atoms with Gasteiger partial charge in [-0.15, -0.1) is 11.3 Å². The van der Waals surface area contributed by atoms with E-state index in [9.17, 15) is 4.79 Å². The predicted octanol–water partition coefficient (Wildman–Crippen LogP) is 4.97. The molecule has 1 atom stereocenters. The third kappa shape index (κ3) is 3.29. The van der Waals surface area contributed by atoms with Crippen LogP contribution in [0.3, 0.4) is 0 Å². The van der Waals surface area contributed by atoms with Crippen LogP contribution in [0.15, 0.2) is 54.6 Å². The third-order valence-electron chi connectivity index (χ3n) is 5.81. The van der Waals surface area contributed by atoms with E-state index in [0.29, 0.717) is 6.61 Å². The number of fused-ring (bicyclic) bond motifs is 3. The number of amides is 1. The molecule has 3 aromatic rings. The molecule has 148 valence electrons. The standard InChI is InChI=1S/C24H24N2O2S/c1-16-7-9-19(10-8-16)26-12-11-25(14-17(26)2)24(27)22-13-18-15-28-21-6-4-3-5-20(21)23(18)29-22/h3-10,13,17H,11-12,14-15H2,1-2H3/t17-/m1/s1. The number of carbonyl (C=O) groups is 1. The molecule has 0 bridgehead atoms. The van der Waals surface area contributed by atoms with Crippen LogP contribution >= 0.6 is 11.3 Å². The second kappa shape index (κ2) is 7.23. The van der Waals surface area contributed by atoms with E-state index in [1.807, 2.05) is 29.2 Å². The Hall–Kier alpha value is -2.79. The molecule has 0 saturated carbocycles. The first-order valence-electron chi connectivity index (χ1n) is 10.1. The maximum Gasteiger partial charge on any atom is 0.264 e. The summed E-state index contributed by atoms with van der Waals surface area (Å²) in [6.45, 7) is 7.17. The SMILES string of the molecule is Cc1ccc(N2CCN(C(=O)c3cc4c(s3)-c3ccccc3OC4)C[C@H]2C)cc1. The number of carbonyl (C=O) groups excluding carboxylic acids is 1. The fourth-order valence-electron chi connectivity index (χ4n) is 4.22. The van der Waals surface area contributed by atoms with Gasteiger partial charge < -0.3 is 14.5 Å². The molecule has 2 aliphatic rings. The highest BCUT2D eigenvalue weighted by Gasteiger charge is 2.30. The molecule has 1 saturated heterocycles. The van der Waals surface area contributed by atoms with Crippen LogP contribution in [0.25, 0.3) is 10.4 Å². The minimum absolute atomic E-state index is 0.136. The van der Waals surface area contributed by atoms with Gasteiger partial charge in [0, 0.05) is 47.4 Å². The van der Waals surface area contributed by atoms with Crippen molar-refractivity contribution in [3.63, 3.8) is 0 Å². The fourth-order valence-corrected chi connectivity index (χ4v) is 5.39. The summed E-state index contributed by atoms with van der Waals surface area (Å²) in [5.74, 6) is 1.04. The second-order valence-electron chi connectivity index (χ2n) is 7.88. The summed E-state index contributed by atoms with van der Waals surface area (Å²) in [6, 6.07) is 19.0. The molecule has 0 spiro atoms. The molecule has 29 heavy (non-hydrogen) atoms. The molecule has 0 radical (unpaired) electrons. The van der Waals surface area contributed by atoms with Gasteiger partial charge in [0.05, 0.1) is 4.88 Å². The Morgan fingerprint density at radius 1 is 1.10 bits per heavy atom. The van der Waals surface area contributed by atoms with Crippen LogP contribution in [-0.2, 0) is 6.61 Å². The van der Waals surface area contributed by atoms with Gasteiger partial charge in [0.1, 0.15) is 12.4 Å². The fraction of sp³-hybridized carbons (Fsp3) is 0.292. The molecule has 0 unspecified atom stereocenters. The maximum atomic E-state index is 13.2. The van der Waals surface area contributed by atoms with Crippen molar-refractivity contribution in [1.29, 1.82) is 0 Å². The Balaban J connectivity index is 1.34. The number of benzene rings is 2. The predicted molar refractivity (Wildman–Crippen MR) is 118 cm³/mol. The van der Waals surface area contributed by atoms with Gasteiger partial charge in [-0.25, -0.2) is 0 Å². The summed E-state index contributed by atoms with van der Waals surface area (Å²) in [5, 5.41) is 0. The van der Waals surface area contributed by atoms with Crippen LogP contribution in [0, 0.1) is 6.92 Å². The van der Waals surface area contributed by atoms with Crippen molar-refractivity contribution in [3.05, 3.63) is 70.6 Å². The van der Waals surface area contributed by atoms with E-state index in [1.165, 1.54) is 16.1 Å². The Kier molecular flexibility index (Phi) is 4.55. The van der Waals surface area contributed by atoms with E-state index < -0.39 is 0 Å². The normalized spacial score (nSPS) is 18.1. The molecule has 0 N–H and O–H groups in total. The van der Waals surface area contributed by atoms with Gasteiger partial charge in [0.15, 0.2) is 0 Å². The number of hydrogen-bond donors (Lipinski definition) is 0. The zero-order chi connectivity index (χ0) is 20.0. The smallest absolute Gasteiger partial charge is 0.264 e. The summed E-state index contributed by atoms with van der Waals surface area (Å²) in [5.41, 5.74) is 4.71. The molecule has 1 aromatic heterocycles. The monoisotopic (exact) mass is 404 g/mol. The van der Waals surface area contributed by atoms with Gasteiger partial charge in [-0.2, -0.15) is 0 Å². The third-order valence-corrected chi connectivity index (χ3v) is 7.01. The van der Waals surface area contributed by atoms with E-state index >= 15 is 0 Å². The molecular weight excluding hydrogens is 380 g/mol. The van der Waals surface area contributed by atoms with Crippen LogP contribution in [0.1, 0.15) is 27.7 Å². The van der Waals surface area contributed by atoms with E-state index in [0.717, 1.165) is 41.4 Å². The lowest BCUT2D eigenvalue weighted by Gasteiger charge is -2.41. The molecule has 4 nitrogen and oxygen atoms in total. The van der Waals surface area contributed by atoms with Gasteiger partial charge >= 0.3 is 0 Å². The first-order valence-corrected chi connectivity index (χ1v) is 10.9. The highest BCUT2D eigenvalue weighted by Crippen LogP contribution is 2.42. The molecular formula is C24H24N2O2S. The number of ether oxygens (including phenoxy) is 1. The molecule has 5 rings (SSSR count). The first kappa shape index (κ1) is 18.3. The Morgan fingerprint density at radius 3 is 2.69 bits per heavy atom. The van der Waals surface area contributed by atoms with Crippen molar-refractivity contribution < 1.29 is 9.53 Å². The van der Waals surface area contributed by atoms with Crippen molar-refractivity contribution in [1.82, 2.24) is 4.90 Å². The Labute approximate surface area is 175 Å². The minimum atomic E-state index is 0.136. The topological polar surface area (TPSA) is 32.8 Å². The van der Waals surface area contributed by atoms with Crippen LogP contribution in [0.5, 0.6) is 5.75 Å². The van der Waals surface area contributed by atoms with Crippen molar-refractivity contribution in [3.8, 4) is 16.2 Å². The van der Waals surface area contributed by atoms with Crippen molar-refractivity contribution in [2.24, 2.45) is 0 Å². The quantitative estimate of drug-likeness (QED) is 0.605. The summed E-state index contributed by atoms with van der Waals surface area (Å²) < 4.78 is 5.85. The van der Waals surface area contributed by atoms with Gasteiger partial charge in [-0.1, -0.05) is 29.8 Å². The second-order valence-corrected chi connectivity index (χ2v) is 8.93. The number of thiophene rings is 1. The molecule has 1 fully saturated rings. The van der Waals surface area contributed by atoms with E-state index in [4.69, 9.17) is 4.74 Å². The molecule has 2 aliphatic heterocycles. The molecule has 5 heteroatoms. The number of para-hydroxylation sites is 1. The lowest BCUT2D eigenvalue weighted by atomic mass is 10.1. The first-order chi connectivity index (χ1) is 14.1. The summed E-state index contributed by atoms with van der Waals surface area (Å²) in [6.07, 6.45) is 0. The van der Waals surface area contributed by atoms with Crippen molar-refractivity contribution in [2.45, 2.75) is 26.5 Å². The molecule has 1 amide bonds. The lowest BCUT2D eigenvalue weighted by Crippen LogP contribution is -2.53. The molecule has 0 aliphatic carbocycles. The van der Waals surface area contributed by atoms with Crippen molar-refractivity contribution in [2.75, 3.05) is 24.5 Å². The van der Waals surface area contributed by atoms with E-state index in [-0.39, 0.29) is 11.9 Å². The summed E-state index contributed by atoms with van der Waals surface area (Å²) in [7, 11) is 0. The van der Waals surface area contributed by atoms with Crippen LogP contribution in [0.4, 0.5) is 5.69 Å². The molecule has 2 aromatic carbocycles. The molecule has 3 heterocycles. The van der Waals surface area contributed by atoms with Gasteiger partial charge in [-0.3, -0.25) is 4.79 Å². The van der Waals surface area contributed by atoms with E-state index in [2.05, 4.69) is 49.1 Å². The Bertz CT molecular complexity index is 1060. The zero-order valence-electron chi connectivity index (χ0n) is 16.7. The average Bonchev–Trinajstić information content (AvgIpc) is 3.19. The summed E-state index contributed by atoms with van der Waals surface area (Å²) >= 11 is 1.59. The lowest BCUT2D eigenvalue weighted by molar-refractivity contribution is 0.0731. The van der Waals surface area contributed by atoms with E-state index in [1.54, 1.807) is 11.3 Å².